The molecular formula is C46H45BN2. The number of hydrogen-bond donors (Lipinski definition) is 0. The average molecular weight is 637 g/mol. The van der Waals surface area contributed by atoms with Crippen LogP contribution in [0.4, 0.5) is 0 Å². The summed E-state index contributed by atoms with van der Waals surface area (Å²) < 4.78 is 5.28. The first kappa shape index (κ1) is 29.4. The van der Waals surface area contributed by atoms with Crippen LogP contribution in [0.25, 0.3) is 44.1 Å². The van der Waals surface area contributed by atoms with Gasteiger partial charge in [-0.25, -0.2) is 0 Å². The van der Waals surface area contributed by atoms with Gasteiger partial charge >= 0.3 is 0 Å². The minimum Gasteiger partial charge on any atom is -0.296 e. The molecule has 3 aliphatic rings. The van der Waals surface area contributed by atoms with Crippen molar-refractivity contribution in [1.82, 2.24) is 8.97 Å². The molecule has 0 saturated heterocycles. The summed E-state index contributed by atoms with van der Waals surface area (Å²) >= 11 is 0. The van der Waals surface area contributed by atoms with Gasteiger partial charge < -0.3 is 0 Å². The van der Waals surface area contributed by atoms with Crippen LogP contribution in [0.3, 0.4) is 0 Å². The van der Waals surface area contributed by atoms with Gasteiger partial charge in [0.15, 0.2) is 0 Å². The molecule has 1 aliphatic heterocycles. The molecule has 2 nitrogen and oxygen atoms in total. The number of hydrogen-bond acceptors (Lipinski definition) is 0. The number of rotatable bonds is 2. The second kappa shape index (κ2) is 8.99. The van der Waals surface area contributed by atoms with Crippen LogP contribution in [0, 0.1) is 0 Å². The largest absolute Gasteiger partial charge is 0.296 e. The van der Waals surface area contributed by atoms with Crippen molar-refractivity contribution in [3.63, 3.8) is 0 Å². The highest BCUT2D eigenvalue weighted by atomic mass is 15.1. The Morgan fingerprint density at radius 2 is 1.22 bits per heavy atom. The van der Waals surface area contributed by atoms with Gasteiger partial charge in [0.25, 0.3) is 0 Å². The molecule has 0 fully saturated rings. The number of fused-ring (bicyclic) bond motifs is 6. The van der Waals surface area contributed by atoms with Crippen molar-refractivity contribution >= 4 is 61.7 Å². The average Bonchev–Trinajstić information content (AvgIpc) is 3.58. The van der Waals surface area contributed by atoms with E-state index in [0.29, 0.717) is 0 Å². The fourth-order valence-electron chi connectivity index (χ4n) is 10.9. The second-order valence-electron chi connectivity index (χ2n) is 17.8. The molecule has 0 radical (unpaired) electrons. The quantitative estimate of drug-likeness (QED) is 0.167. The normalized spacial score (nSPS) is 19.6. The van der Waals surface area contributed by atoms with Crippen molar-refractivity contribution in [3.8, 4) is 0 Å². The molecule has 0 amide bonds. The SMILES string of the molecule is CC1=C(c2ccccc2)n2c3c(cc4c5c(ccc(c53)n3c5cc6c(cc5cc23)C(C)(C)CC6(C)C)C(C)(C)C4(C)C)B1c1ccccc1. The minimum absolute atomic E-state index is 0.00885. The van der Waals surface area contributed by atoms with Crippen LogP contribution < -0.4 is 10.9 Å². The predicted molar refractivity (Wildman–Crippen MR) is 211 cm³/mol. The summed E-state index contributed by atoms with van der Waals surface area (Å²) in [7, 11) is 0. The lowest BCUT2D eigenvalue weighted by Gasteiger charge is -2.37. The number of nitrogens with zero attached hydrogens (tertiary/aromatic N) is 2. The fourth-order valence-corrected chi connectivity index (χ4v) is 10.9. The van der Waals surface area contributed by atoms with Crippen LogP contribution in [0.15, 0.2) is 103 Å². The number of aromatic nitrogens is 2. The van der Waals surface area contributed by atoms with Crippen molar-refractivity contribution in [3.05, 3.63) is 130 Å². The van der Waals surface area contributed by atoms with E-state index in [1.165, 1.54) is 94.7 Å². The van der Waals surface area contributed by atoms with E-state index in [1.807, 2.05) is 0 Å². The summed E-state index contributed by atoms with van der Waals surface area (Å²) in [5, 5.41) is 4.21. The zero-order valence-electron chi connectivity index (χ0n) is 30.4. The standard InChI is InChI=1S/C46H45BN2/c1-27-41(28-16-12-10-13-17-28)49-38-23-29-22-32-33(44(4,5)26-43(32,2)3)25-37(29)48(38)36-21-20-31-39-34(46(8,9)45(31,6)7)24-35(42(49)40(36)39)47(27)30-18-14-11-15-19-30/h10-25H,26H2,1-9H3. The van der Waals surface area contributed by atoms with Crippen LogP contribution in [0.1, 0.15) is 96.6 Å². The third kappa shape index (κ3) is 3.44. The highest BCUT2D eigenvalue weighted by Gasteiger charge is 2.49. The van der Waals surface area contributed by atoms with Gasteiger partial charge in [0, 0.05) is 16.5 Å². The summed E-state index contributed by atoms with van der Waals surface area (Å²) in [5.41, 5.74) is 18.2. The van der Waals surface area contributed by atoms with E-state index in [1.54, 1.807) is 0 Å². The molecule has 0 bridgehead atoms. The van der Waals surface area contributed by atoms with E-state index in [0.717, 1.165) is 0 Å². The maximum Gasteiger partial charge on any atom is 0.241 e. The minimum atomic E-state index is -0.0259. The highest BCUT2D eigenvalue weighted by Crippen LogP contribution is 2.57. The Morgan fingerprint density at radius 3 is 1.92 bits per heavy atom. The maximum absolute atomic E-state index is 2.66. The van der Waals surface area contributed by atoms with Crippen LogP contribution in [0.5, 0.6) is 0 Å². The van der Waals surface area contributed by atoms with E-state index in [2.05, 4.69) is 168 Å². The Balaban J connectivity index is 1.48. The molecule has 0 spiro atoms. The summed E-state index contributed by atoms with van der Waals surface area (Å²) in [6, 6.07) is 37.5. The molecule has 10 rings (SSSR count). The molecule has 7 aromatic rings. The highest BCUT2D eigenvalue weighted by molar-refractivity contribution is 6.93. The molecule has 242 valence electrons. The Hall–Kier alpha value is -4.50. The molecule has 0 atom stereocenters. The van der Waals surface area contributed by atoms with E-state index < -0.39 is 0 Å². The molecular weight excluding hydrogens is 591 g/mol. The van der Waals surface area contributed by atoms with Gasteiger partial charge in [-0.15, -0.1) is 0 Å². The van der Waals surface area contributed by atoms with Crippen LogP contribution in [0.2, 0.25) is 0 Å². The molecule has 49 heavy (non-hydrogen) atoms. The lowest BCUT2D eigenvalue weighted by molar-refractivity contribution is 0.322. The topological polar surface area (TPSA) is 9.34 Å². The number of benzene rings is 5. The van der Waals surface area contributed by atoms with Crippen molar-refractivity contribution in [2.75, 3.05) is 0 Å². The van der Waals surface area contributed by atoms with Gasteiger partial charge in [0.1, 0.15) is 5.65 Å². The summed E-state index contributed by atoms with van der Waals surface area (Å²) in [6.45, 7) is 22.1. The Kier molecular flexibility index (Phi) is 5.40. The smallest absolute Gasteiger partial charge is 0.241 e. The third-order valence-corrected chi connectivity index (χ3v) is 13.7. The Morgan fingerprint density at radius 1 is 0.592 bits per heavy atom. The molecule has 5 aromatic carbocycles. The Labute approximate surface area is 290 Å². The molecule has 2 aromatic heterocycles. The number of allylic oxidation sites excluding steroid dienone is 1. The fraction of sp³-hybridized carbons (Fsp3) is 0.304. The van der Waals surface area contributed by atoms with E-state index >= 15 is 0 Å². The third-order valence-electron chi connectivity index (χ3n) is 13.7. The molecule has 3 heterocycles. The first-order chi connectivity index (χ1) is 23.2. The zero-order chi connectivity index (χ0) is 34.0. The van der Waals surface area contributed by atoms with E-state index in [9.17, 15) is 0 Å². The molecule has 3 heteroatoms. The summed E-state index contributed by atoms with van der Waals surface area (Å²) in [4.78, 5) is 0. The second-order valence-corrected chi connectivity index (χ2v) is 17.8. The van der Waals surface area contributed by atoms with Gasteiger partial charge in [-0.1, -0.05) is 139 Å². The van der Waals surface area contributed by atoms with Gasteiger partial charge in [-0.2, -0.15) is 0 Å². The first-order valence-electron chi connectivity index (χ1n) is 18.2. The first-order valence-corrected chi connectivity index (χ1v) is 18.2. The molecule has 0 unspecified atom stereocenters. The van der Waals surface area contributed by atoms with Gasteiger partial charge in [0.2, 0.25) is 6.71 Å². The predicted octanol–water partition coefficient (Wildman–Crippen LogP) is 10.2. The lowest BCUT2D eigenvalue weighted by Crippen LogP contribution is -2.48. The maximum atomic E-state index is 2.66. The van der Waals surface area contributed by atoms with Crippen molar-refractivity contribution in [1.29, 1.82) is 0 Å². The summed E-state index contributed by atoms with van der Waals surface area (Å²) in [5.74, 6) is 0. The molecule has 0 N–H and O–H groups in total. The van der Waals surface area contributed by atoms with E-state index in [4.69, 9.17) is 0 Å². The van der Waals surface area contributed by atoms with Gasteiger partial charge in [-0.05, 0) is 97.9 Å². The van der Waals surface area contributed by atoms with Crippen LogP contribution in [-0.4, -0.2) is 15.7 Å². The summed E-state index contributed by atoms with van der Waals surface area (Å²) in [6.07, 6.45) is 1.17. The van der Waals surface area contributed by atoms with E-state index in [-0.39, 0.29) is 28.4 Å². The van der Waals surface area contributed by atoms with Crippen LogP contribution >= 0.6 is 0 Å². The molecule has 0 saturated carbocycles. The van der Waals surface area contributed by atoms with Gasteiger partial charge in [0.05, 0.1) is 16.6 Å². The Bertz CT molecular complexity index is 2620. The monoisotopic (exact) mass is 636 g/mol. The zero-order valence-corrected chi connectivity index (χ0v) is 30.4. The molecule has 2 aliphatic carbocycles. The van der Waals surface area contributed by atoms with Crippen molar-refractivity contribution in [2.45, 2.75) is 90.4 Å². The lowest BCUT2D eigenvalue weighted by atomic mass is 9.35. The van der Waals surface area contributed by atoms with Crippen molar-refractivity contribution in [2.24, 2.45) is 0 Å². The van der Waals surface area contributed by atoms with Gasteiger partial charge in [-0.3, -0.25) is 8.97 Å². The van der Waals surface area contributed by atoms with Crippen molar-refractivity contribution < 1.29 is 0 Å². The van der Waals surface area contributed by atoms with Crippen LogP contribution in [-0.2, 0) is 21.7 Å².